The molecule has 1 nitrogen and oxygen atoms in total. The van der Waals surface area contributed by atoms with Gasteiger partial charge in [0.05, 0.1) is 0 Å². The molecule has 0 fully saturated rings. The van der Waals surface area contributed by atoms with Crippen LogP contribution in [-0.2, 0) is 6.54 Å². The van der Waals surface area contributed by atoms with Crippen LogP contribution in [0.3, 0.4) is 0 Å². The first kappa shape index (κ1) is 18.5. The minimum absolute atomic E-state index is 0.584. The molecule has 25 heavy (non-hydrogen) atoms. The Morgan fingerprint density at radius 1 is 0.640 bits per heavy atom. The summed E-state index contributed by atoms with van der Waals surface area (Å²) in [5, 5.41) is 4.15. The molecule has 0 saturated carbocycles. The number of hydrogen-bond donors (Lipinski definition) is 2. The van der Waals surface area contributed by atoms with Gasteiger partial charge in [-0.05, 0) is 29.4 Å². The maximum absolute atomic E-state index is 4.43. The highest BCUT2D eigenvalue weighted by molar-refractivity contribution is 7.81. The van der Waals surface area contributed by atoms with E-state index in [9.17, 15) is 0 Å². The van der Waals surface area contributed by atoms with Crippen LogP contribution in [0.25, 0.3) is 0 Å². The zero-order chi connectivity index (χ0) is 17.5. The summed E-state index contributed by atoms with van der Waals surface area (Å²) in [6.07, 6.45) is 0. The number of benzene rings is 3. The summed E-state index contributed by atoms with van der Waals surface area (Å²) in [5.41, 5.74) is 1.35. The molecule has 3 rings (SSSR count). The maximum atomic E-state index is 4.43. The van der Waals surface area contributed by atoms with E-state index in [4.69, 9.17) is 0 Å². The maximum Gasteiger partial charge on any atom is 0.0425 e. The van der Waals surface area contributed by atoms with Gasteiger partial charge in [-0.3, -0.25) is 4.90 Å². The monoisotopic (exact) mass is 383 g/mol. The fraction of sp³-hybridized carbons (Fsp3) is 0.143. The first-order valence-electron chi connectivity index (χ1n) is 8.25. The molecule has 3 aromatic rings. The summed E-state index contributed by atoms with van der Waals surface area (Å²) >= 11 is 8.87. The van der Waals surface area contributed by atoms with Gasteiger partial charge < -0.3 is 0 Å². The van der Waals surface area contributed by atoms with Gasteiger partial charge in [0.1, 0.15) is 0 Å². The highest BCUT2D eigenvalue weighted by Gasteiger charge is 2.19. The molecule has 0 aliphatic rings. The normalized spacial score (nSPS) is 11.2. The van der Waals surface area contributed by atoms with E-state index >= 15 is 0 Å². The summed E-state index contributed by atoms with van der Waals surface area (Å²) < 4.78 is 0. The van der Waals surface area contributed by atoms with Gasteiger partial charge in [-0.25, -0.2) is 0 Å². The van der Waals surface area contributed by atoms with E-state index in [1.165, 1.54) is 21.5 Å². The van der Waals surface area contributed by atoms with E-state index in [1.54, 1.807) is 0 Å². The zero-order valence-corrected chi connectivity index (χ0v) is 16.7. The Kier molecular flexibility index (Phi) is 7.01. The zero-order valence-electron chi connectivity index (χ0n) is 14.0. The van der Waals surface area contributed by atoms with Crippen LogP contribution in [0.4, 0.5) is 0 Å². The Labute approximate surface area is 162 Å². The van der Waals surface area contributed by atoms with Crippen molar-refractivity contribution in [2.75, 3.05) is 11.8 Å². The van der Waals surface area contributed by atoms with Gasteiger partial charge in [0, 0.05) is 18.3 Å². The van der Waals surface area contributed by atoms with Crippen molar-refractivity contribution < 1.29 is 0 Å². The van der Waals surface area contributed by atoms with E-state index in [0.29, 0.717) is 11.8 Å². The predicted molar refractivity (Wildman–Crippen MR) is 118 cm³/mol. The molecule has 0 aliphatic carbocycles. The van der Waals surface area contributed by atoms with E-state index in [0.717, 1.165) is 6.54 Å². The van der Waals surface area contributed by atoms with E-state index in [-0.39, 0.29) is 0 Å². The topological polar surface area (TPSA) is 3.24 Å². The second kappa shape index (κ2) is 9.45. The highest BCUT2D eigenvalue weighted by Crippen LogP contribution is 2.34. The molecular formula is C21H22NPS2. The van der Waals surface area contributed by atoms with Gasteiger partial charge in [0.25, 0.3) is 0 Å². The smallest absolute Gasteiger partial charge is 0.0425 e. The lowest BCUT2D eigenvalue weighted by atomic mass is 10.2. The Morgan fingerprint density at radius 3 is 1.64 bits per heavy atom. The third kappa shape index (κ3) is 4.68. The summed E-state index contributed by atoms with van der Waals surface area (Å²) in [7, 11) is -0.584. The summed E-state index contributed by atoms with van der Waals surface area (Å²) in [6, 6.07) is 30.4. The van der Waals surface area contributed by atoms with E-state index in [1.807, 2.05) is 0 Å². The van der Waals surface area contributed by atoms with E-state index in [2.05, 4.69) is 115 Å². The highest BCUT2D eigenvalue weighted by atomic mass is 32.1. The molecule has 0 amide bonds. The fourth-order valence-electron chi connectivity index (χ4n) is 2.83. The van der Waals surface area contributed by atoms with Gasteiger partial charge in [-0.15, -0.1) is 0 Å². The van der Waals surface area contributed by atoms with Crippen LogP contribution in [0.2, 0.25) is 0 Å². The Hall–Kier alpha value is -1.25. The molecule has 0 radical (unpaired) electrons. The average molecular weight is 384 g/mol. The van der Waals surface area contributed by atoms with Crippen molar-refractivity contribution >= 4 is 49.1 Å². The molecule has 4 heteroatoms. The standard InChI is InChI=1S/C21H22NPS2/c24-16-22(17-25)15-18-9-7-8-14-21(18)23(19-10-3-1-4-11-19)20-12-5-2-6-13-20/h1-14,24-25H,15-17H2. The first-order valence-corrected chi connectivity index (χ1v) is 10.9. The fourth-order valence-corrected chi connectivity index (χ4v) is 5.85. The molecule has 0 heterocycles. The largest absolute Gasteiger partial charge is 0.281 e. The van der Waals surface area contributed by atoms with Crippen molar-refractivity contribution in [3.05, 3.63) is 90.5 Å². The minimum Gasteiger partial charge on any atom is -0.281 e. The Morgan fingerprint density at radius 2 is 1.12 bits per heavy atom. The lowest BCUT2D eigenvalue weighted by Gasteiger charge is -2.25. The minimum atomic E-state index is -0.584. The molecule has 0 N–H and O–H groups in total. The SMILES string of the molecule is SCN(CS)Cc1ccccc1P(c1ccccc1)c1ccccc1. The van der Waals surface area contributed by atoms with Crippen molar-refractivity contribution in [1.82, 2.24) is 4.90 Å². The molecule has 0 aromatic heterocycles. The van der Waals surface area contributed by atoms with Crippen molar-refractivity contribution in [1.29, 1.82) is 0 Å². The van der Waals surface area contributed by atoms with Gasteiger partial charge in [-0.1, -0.05) is 84.9 Å². The second-order valence-electron chi connectivity index (χ2n) is 5.75. The molecule has 3 aromatic carbocycles. The molecule has 0 aliphatic heterocycles. The van der Waals surface area contributed by atoms with E-state index < -0.39 is 7.92 Å². The molecule has 0 bridgehead atoms. The summed E-state index contributed by atoms with van der Waals surface area (Å²) in [5.74, 6) is 1.40. The summed E-state index contributed by atoms with van der Waals surface area (Å²) in [4.78, 5) is 2.22. The van der Waals surface area contributed by atoms with Crippen LogP contribution < -0.4 is 15.9 Å². The van der Waals surface area contributed by atoms with Gasteiger partial charge >= 0.3 is 0 Å². The molecule has 0 saturated heterocycles. The lowest BCUT2D eigenvalue weighted by molar-refractivity contribution is 0.374. The quantitative estimate of drug-likeness (QED) is 0.354. The van der Waals surface area contributed by atoms with Crippen molar-refractivity contribution in [3.8, 4) is 0 Å². The molecule has 0 unspecified atom stereocenters. The first-order chi connectivity index (χ1) is 12.3. The van der Waals surface area contributed by atoms with Crippen LogP contribution in [-0.4, -0.2) is 16.7 Å². The van der Waals surface area contributed by atoms with Gasteiger partial charge in [0.15, 0.2) is 0 Å². The van der Waals surface area contributed by atoms with Gasteiger partial charge in [-0.2, -0.15) is 25.3 Å². The third-order valence-electron chi connectivity index (χ3n) is 4.06. The van der Waals surface area contributed by atoms with Crippen LogP contribution in [0, 0.1) is 0 Å². The Bertz CT molecular complexity index is 737. The number of hydrogen-bond acceptors (Lipinski definition) is 3. The molecule has 0 spiro atoms. The van der Waals surface area contributed by atoms with Crippen LogP contribution in [0.5, 0.6) is 0 Å². The van der Waals surface area contributed by atoms with Crippen LogP contribution >= 0.6 is 33.2 Å². The van der Waals surface area contributed by atoms with Crippen molar-refractivity contribution in [2.45, 2.75) is 6.54 Å². The van der Waals surface area contributed by atoms with Crippen LogP contribution in [0.1, 0.15) is 5.56 Å². The number of rotatable bonds is 7. The third-order valence-corrected chi connectivity index (χ3v) is 7.40. The average Bonchev–Trinajstić information content (AvgIpc) is 2.69. The summed E-state index contributed by atoms with van der Waals surface area (Å²) in [6.45, 7) is 0.863. The Balaban J connectivity index is 2.08. The van der Waals surface area contributed by atoms with Crippen LogP contribution in [0.15, 0.2) is 84.9 Å². The number of nitrogens with zero attached hydrogens (tertiary/aromatic N) is 1. The lowest BCUT2D eigenvalue weighted by Crippen LogP contribution is -2.27. The van der Waals surface area contributed by atoms with Gasteiger partial charge in [0.2, 0.25) is 0 Å². The number of thiol groups is 2. The molecular weight excluding hydrogens is 361 g/mol. The second-order valence-corrected chi connectivity index (χ2v) is 8.50. The van der Waals surface area contributed by atoms with Crippen molar-refractivity contribution in [3.63, 3.8) is 0 Å². The predicted octanol–water partition coefficient (Wildman–Crippen LogP) is 4.02. The van der Waals surface area contributed by atoms with Crippen molar-refractivity contribution in [2.24, 2.45) is 0 Å². The molecule has 128 valence electrons. The molecule has 0 atom stereocenters.